The average molecular weight is 180 g/mol. The quantitative estimate of drug-likeness (QED) is 0.656. The third-order valence-corrected chi connectivity index (χ3v) is 2.35. The molecule has 0 N–H and O–H groups in total. The minimum Gasteiger partial charge on any atom is -0.354 e. The lowest BCUT2D eigenvalue weighted by Gasteiger charge is -2.15. The van der Waals surface area contributed by atoms with Gasteiger partial charge in [-0.25, -0.2) is 9.37 Å². The fourth-order valence-corrected chi connectivity index (χ4v) is 1.57. The lowest BCUT2D eigenvalue weighted by Crippen LogP contribution is -2.20. The Labute approximate surface area is 77.4 Å². The van der Waals surface area contributed by atoms with E-state index in [2.05, 4.69) is 4.98 Å². The summed E-state index contributed by atoms with van der Waals surface area (Å²) in [5, 5.41) is 0. The molecule has 1 aromatic rings. The molecule has 0 saturated carbocycles. The number of pyridine rings is 1. The summed E-state index contributed by atoms with van der Waals surface area (Å²) in [5.41, 5.74) is 1.14. The highest BCUT2D eigenvalue weighted by Gasteiger charge is 2.22. The van der Waals surface area contributed by atoms with Crippen LogP contribution in [-0.4, -0.2) is 24.2 Å². The van der Waals surface area contributed by atoms with Crippen LogP contribution in [-0.2, 0) is 0 Å². The van der Waals surface area contributed by atoms with Crippen LogP contribution in [0.15, 0.2) is 18.3 Å². The molecule has 1 fully saturated rings. The molecule has 2 heterocycles. The maximum absolute atomic E-state index is 12.9. The highest BCUT2D eigenvalue weighted by molar-refractivity contribution is 5.40. The average Bonchev–Trinajstić information content (AvgIpc) is 2.53. The van der Waals surface area contributed by atoms with Crippen molar-refractivity contribution in [1.29, 1.82) is 0 Å². The predicted octanol–water partition coefficient (Wildman–Crippen LogP) is 1.94. The van der Waals surface area contributed by atoms with Gasteiger partial charge in [0.2, 0.25) is 0 Å². The maximum Gasteiger partial charge on any atom is 0.128 e. The van der Waals surface area contributed by atoms with Crippen molar-refractivity contribution < 1.29 is 4.39 Å². The van der Waals surface area contributed by atoms with Gasteiger partial charge in [0.1, 0.15) is 12.0 Å². The van der Waals surface area contributed by atoms with Crippen LogP contribution < -0.4 is 4.90 Å². The lowest BCUT2D eigenvalue weighted by molar-refractivity contribution is 0.364. The summed E-state index contributed by atoms with van der Waals surface area (Å²) in [4.78, 5) is 6.24. The number of aryl methyl sites for hydroxylation is 1. The van der Waals surface area contributed by atoms with Gasteiger partial charge in [-0.05, 0) is 25.0 Å². The fourth-order valence-electron chi connectivity index (χ4n) is 1.57. The first kappa shape index (κ1) is 8.48. The Bertz CT molecular complexity index is 283. The number of alkyl halides is 1. The SMILES string of the molecule is Cc1ccc(N2CC[C@@H](F)C2)nc1. The van der Waals surface area contributed by atoms with Crippen LogP contribution in [0.4, 0.5) is 10.2 Å². The van der Waals surface area contributed by atoms with Gasteiger partial charge in [0.05, 0.1) is 6.54 Å². The van der Waals surface area contributed by atoms with Crippen LogP contribution in [0.5, 0.6) is 0 Å². The molecule has 0 aromatic carbocycles. The highest BCUT2D eigenvalue weighted by Crippen LogP contribution is 2.19. The number of aromatic nitrogens is 1. The zero-order valence-corrected chi connectivity index (χ0v) is 7.70. The van der Waals surface area contributed by atoms with E-state index in [1.807, 2.05) is 30.2 Å². The van der Waals surface area contributed by atoms with Crippen LogP contribution >= 0.6 is 0 Å². The summed E-state index contributed by atoms with van der Waals surface area (Å²) in [5.74, 6) is 0.894. The molecule has 3 heteroatoms. The topological polar surface area (TPSA) is 16.1 Å². The molecule has 0 bridgehead atoms. The van der Waals surface area contributed by atoms with Crippen molar-refractivity contribution in [3.63, 3.8) is 0 Å². The Morgan fingerprint density at radius 2 is 2.38 bits per heavy atom. The van der Waals surface area contributed by atoms with Gasteiger partial charge in [0.25, 0.3) is 0 Å². The summed E-state index contributed by atoms with van der Waals surface area (Å²) in [6.07, 6.45) is 1.78. The van der Waals surface area contributed by atoms with Crippen molar-refractivity contribution in [1.82, 2.24) is 4.98 Å². The van der Waals surface area contributed by atoms with E-state index in [1.54, 1.807) is 0 Å². The first-order valence-corrected chi connectivity index (χ1v) is 4.57. The summed E-state index contributed by atoms with van der Waals surface area (Å²) in [6.45, 7) is 3.28. The van der Waals surface area contributed by atoms with E-state index in [9.17, 15) is 4.39 Å². The summed E-state index contributed by atoms with van der Waals surface area (Å²) in [6, 6.07) is 3.96. The molecule has 13 heavy (non-hydrogen) atoms. The third-order valence-electron chi connectivity index (χ3n) is 2.35. The molecule has 0 radical (unpaired) electrons. The van der Waals surface area contributed by atoms with E-state index in [1.165, 1.54) is 0 Å². The second-order valence-corrected chi connectivity index (χ2v) is 3.53. The molecule has 1 atom stereocenters. The fraction of sp³-hybridized carbons (Fsp3) is 0.500. The largest absolute Gasteiger partial charge is 0.354 e. The number of anilines is 1. The van der Waals surface area contributed by atoms with Crippen molar-refractivity contribution in [2.24, 2.45) is 0 Å². The molecule has 2 nitrogen and oxygen atoms in total. The van der Waals surface area contributed by atoms with Gasteiger partial charge in [0.15, 0.2) is 0 Å². The first-order valence-electron chi connectivity index (χ1n) is 4.57. The predicted molar refractivity (Wildman–Crippen MR) is 50.7 cm³/mol. The Balaban J connectivity index is 2.13. The molecule has 0 spiro atoms. The van der Waals surface area contributed by atoms with Crippen LogP contribution in [0.3, 0.4) is 0 Å². The molecule has 1 aliphatic heterocycles. The molecular weight excluding hydrogens is 167 g/mol. The number of nitrogens with zero attached hydrogens (tertiary/aromatic N) is 2. The summed E-state index contributed by atoms with van der Waals surface area (Å²) < 4.78 is 12.9. The minimum atomic E-state index is -0.678. The molecule has 2 rings (SSSR count). The zero-order valence-electron chi connectivity index (χ0n) is 7.70. The third kappa shape index (κ3) is 1.79. The summed E-state index contributed by atoms with van der Waals surface area (Å²) in [7, 11) is 0. The van der Waals surface area contributed by atoms with Gasteiger partial charge in [-0.15, -0.1) is 0 Å². The number of hydrogen-bond acceptors (Lipinski definition) is 2. The van der Waals surface area contributed by atoms with Gasteiger partial charge < -0.3 is 4.90 Å². The standard InChI is InChI=1S/C10H13FN2/c1-8-2-3-10(12-6-8)13-5-4-9(11)7-13/h2-3,6,9H,4-5,7H2,1H3/t9-/m1/s1. The summed E-state index contributed by atoms with van der Waals surface area (Å²) >= 11 is 0. The van der Waals surface area contributed by atoms with Crippen molar-refractivity contribution in [2.45, 2.75) is 19.5 Å². The maximum atomic E-state index is 12.9. The molecule has 0 aliphatic carbocycles. The molecule has 0 amide bonds. The Morgan fingerprint density at radius 1 is 1.54 bits per heavy atom. The van der Waals surface area contributed by atoms with Crippen LogP contribution in [0, 0.1) is 6.92 Å². The second kappa shape index (κ2) is 3.32. The van der Waals surface area contributed by atoms with Crippen molar-refractivity contribution in [2.75, 3.05) is 18.0 Å². The number of hydrogen-bond donors (Lipinski definition) is 0. The van der Waals surface area contributed by atoms with Gasteiger partial charge in [-0.1, -0.05) is 6.07 Å². The van der Waals surface area contributed by atoms with Gasteiger partial charge in [-0.3, -0.25) is 0 Å². The lowest BCUT2D eigenvalue weighted by atomic mass is 10.3. The molecule has 1 aliphatic rings. The van der Waals surface area contributed by atoms with E-state index in [0.29, 0.717) is 13.0 Å². The van der Waals surface area contributed by atoms with Crippen LogP contribution in [0.1, 0.15) is 12.0 Å². The Morgan fingerprint density at radius 3 is 2.92 bits per heavy atom. The van der Waals surface area contributed by atoms with E-state index in [0.717, 1.165) is 17.9 Å². The molecule has 0 unspecified atom stereocenters. The highest BCUT2D eigenvalue weighted by atomic mass is 19.1. The minimum absolute atomic E-state index is 0.496. The molecule has 1 aromatic heterocycles. The number of rotatable bonds is 1. The van der Waals surface area contributed by atoms with Crippen LogP contribution in [0.2, 0.25) is 0 Å². The Kier molecular flexibility index (Phi) is 2.17. The van der Waals surface area contributed by atoms with Crippen molar-refractivity contribution >= 4 is 5.82 Å². The van der Waals surface area contributed by atoms with E-state index < -0.39 is 6.17 Å². The van der Waals surface area contributed by atoms with Gasteiger partial charge in [-0.2, -0.15) is 0 Å². The first-order chi connectivity index (χ1) is 6.25. The van der Waals surface area contributed by atoms with Crippen molar-refractivity contribution in [3.8, 4) is 0 Å². The van der Waals surface area contributed by atoms with Gasteiger partial charge >= 0.3 is 0 Å². The second-order valence-electron chi connectivity index (χ2n) is 3.53. The Hall–Kier alpha value is -1.12. The van der Waals surface area contributed by atoms with Crippen LogP contribution in [0.25, 0.3) is 0 Å². The monoisotopic (exact) mass is 180 g/mol. The smallest absolute Gasteiger partial charge is 0.128 e. The molecule has 1 saturated heterocycles. The normalized spacial score (nSPS) is 22.3. The van der Waals surface area contributed by atoms with E-state index in [-0.39, 0.29) is 0 Å². The van der Waals surface area contributed by atoms with E-state index in [4.69, 9.17) is 0 Å². The number of halogens is 1. The van der Waals surface area contributed by atoms with Gasteiger partial charge in [0, 0.05) is 12.7 Å². The van der Waals surface area contributed by atoms with Crippen molar-refractivity contribution in [3.05, 3.63) is 23.9 Å². The molecular formula is C10H13FN2. The zero-order chi connectivity index (χ0) is 9.26. The molecule has 70 valence electrons. The van der Waals surface area contributed by atoms with E-state index >= 15 is 0 Å².